The van der Waals surface area contributed by atoms with Gasteiger partial charge in [0.15, 0.2) is 0 Å². The lowest BCUT2D eigenvalue weighted by molar-refractivity contribution is -0.133. The first kappa shape index (κ1) is 68.4. The standard InChI is InChI=1S/C65H94N14O8S2/c1-74(2)60-13-5-11-58-56(60)9-7-15-62(58)88(82,83)72-37-43-78(64(80)50-76-39-33-68-29-25-66-26-30-69-34-40-76)45-47-86-54-21-17-52(18-22-54)49-53-19-23-55(24-20-53)87-48-46-79(65(81)51-77-41-35-70-31-27-67-28-32-71-36-42-77)44-38-73-89(84,85)63-16-8-10-57-59(63)12-6-14-61(57)75(3)4/h5-24,66-73H,25-51H2,1-4H3. The first-order valence-corrected chi connectivity index (χ1v) is 34.2. The Morgan fingerprint density at radius 2 is 0.753 bits per heavy atom. The van der Waals surface area contributed by atoms with Crippen molar-refractivity contribution in [2.75, 3.05) is 208 Å². The average Bonchev–Trinajstić information content (AvgIpc) is 1.48. The second-order valence-electron chi connectivity index (χ2n) is 22.8. The normalized spacial score (nSPS) is 15.9. The maximum atomic E-state index is 14.2. The summed E-state index contributed by atoms with van der Waals surface area (Å²) in [5.74, 6) is 1.07. The van der Waals surface area contributed by atoms with Crippen LogP contribution in [0.1, 0.15) is 11.1 Å². The van der Waals surface area contributed by atoms with Crippen molar-refractivity contribution in [3.8, 4) is 11.5 Å². The molecular weight excluding hydrogens is 1170 g/mol. The Balaban J connectivity index is 0.856. The molecule has 0 atom stereocenters. The summed E-state index contributed by atoms with van der Waals surface area (Å²) in [6.07, 6.45) is 0.652. The molecule has 0 spiro atoms. The van der Waals surface area contributed by atoms with E-state index in [0.29, 0.717) is 54.9 Å². The lowest BCUT2D eigenvalue weighted by Gasteiger charge is -2.28. The zero-order valence-corrected chi connectivity index (χ0v) is 54.0. The van der Waals surface area contributed by atoms with E-state index < -0.39 is 20.0 Å². The number of nitrogens with zero attached hydrogens (tertiary/aromatic N) is 6. The highest BCUT2D eigenvalue weighted by Crippen LogP contribution is 2.32. The predicted molar refractivity (Wildman–Crippen MR) is 357 cm³/mol. The largest absolute Gasteiger partial charge is 0.492 e. The molecule has 0 aromatic heterocycles. The minimum Gasteiger partial charge on any atom is -0.492 e. The number of amides is 2. The molecule has 484 valence electrons. The number of ether oxygens (including phenoxy) is 2. The van der Waals surface area contributed by atoms with Gasteiger partial charge in [0, 0.05) is 192 Å². The third-order valence-electron chi connectivity index (χ3n) is 15.9. The summed E-state index contributed by atoms with van der Waals surface area (Å²) in [5.41, 5.74) is 3.96. The van der Waals surface area contributed by atoms with Gasteiger partial charge in [0.1, 0.15) is 24.7 Å². The zero-order chi connectivity index (χ0) is 62.9. The summed E-state index contributed by atoms with van der Waals surface area (Å²) in [5, 5.41) is 23.6. The van der Waals surface area contributed by atoms with Gasteiger partial charge in [-0.15, -0.1) is 0 Å². The summed E-state index contributed by atoms with van der Waals surface area (Å²) in [7, 11) is -0.166. The molecule has 8 rings (SSSR count). The van der Waals surface area contributed by atoms with E-state index in [0.717, 1.165) is 112 Å². The number of sulfonamides is 2. The zero-order valence-electron chi connectivity index (χ0n) is 52.4. The average molecular weight is 1260 g/mol. The molecule has 2 amide bonds. The molecule has 2 saturated heterocycles. The maximum absolute atomic E-state index is 14.2. The van der Waals surface area contributed by atoms with Gasteiger partial charge >= 0.3 is 0 Å². The molecule has 0 unspecified atom stereocenters. The van der Waals surface area contributed by atoms with Gasteiger partial charge < -0.3 is 61.0 Å². The molecule has 0 bridgehead atoms. The van der Waals surface area contributed by atoms with Gasteiger partial charge in [-0.3, -0.25) is 19.4 Å². The second-order valence-corrected chi connectivity index (χ2v) is 26.3. The highest BCUT2D eigenvalue weighted by Gasteiger charge is 2.24. The smallest absolute Gasteiger partial charge is 0.241 e. The van der Waals surface area contributed by atoms with Crippen LogP contribution >= 0.6 is 0 Å². The van der Waals surface area contributed by atoms with E-state index in [1.165, 1.54) is 0 Å². The van der Waals surface area contributed by atoms with Crippen LogP contribution in [0.4, 0.5) is 11.4 Å². The first-order valence-electron chi connectivity index (χ1n) is 31.2. The van der Waals surface area contributed by atoms with E-state index in [1.807, 2.05) is 135 Å². The molecular formula is C65H94N14O8S2. The summed E-state index contributed by atoms with van der Waals surface area (Å²) in [4.78, 5) is 40.3. The van der Waals surface area contributed by atoms with Gasteiger partial charge in [0.05, 0.1) is 36.0 Å². The van der Waals surface area contributed by atoms with Crippen LogP contribution in [0.25, 0.3) is 21.5 Å². The van der Waals surface area contributed by atoms with Gasteiger partial charge in [0.25, 0.3) is 0 Å². The number of fused-ring (bicyclic) bond motifs is 2. The SMILES string of the molecule is CN(C)c1cccc2c(S(=O)(=O)NCCN(CCOc3ccc(Cc4ccc(OCCN(CCNS(=O)(=O)c5cccc6c(N(C)C)cccc56)C(=O)CN5CCNCCNCCNCC5)cc4)cc3)C(=O)CN3CCNCCNCCNCC3)cccc12. The molecule has 0 saturated carbocycles. The van der Waals surface area contributed by atoms with Crippen molar-refractivity contribution in [2.45, 2.75) is 16.2 Å². The second kappa shape index (κ2) is 35.2. The number of carbonyl (C=O) groups is 2. The van der Waals surface area contributed by atoms with Crippen LogP contribution in [0.3, 0.4) is 0 Å². The van der Waals surface area contributed by atoms with Crippen LogP contribution < -0.4 is 60.6 Å². The topological polar surface area (TPSA) is 237 Å². The number of carbonyl (C=O) groups excluding carboxylic acids is 2. The Morgan fingerprint density at radius 3 is 1.10 bits per heavy atom. The van der Waals surface area contributed by atoms with E-state index in [2.05, 4.69) is 51.1 Å². The van der Waals surface area contributed by atoms with E-state index in [-0.39, 0.29) is 87.2 Å². The van der Waals surface area contributed by atoms with Crippen LogP contribution in [-0.4, -0.2) is 247 Å². The van der Waals surface area contributed by atoms with Crippen LogP contribution in [0, 0.1) is 0 Å². The highest BCUT2D eigenvalue weighted by atomic mass is 32.2. The van der Waals surface area contributed by atoms with Crippen LogP contribution in [-0.2, 0) is 36.1 Å². The van der Waals surface area contributed by atoms with Gasteiger partial charge in [0.2, 0.25) is 31.9 Å². The Kier molecular flexibility index (Phi) is 27.0. The molecule has 0 radical (unpaired) electrons. The number of anilines is 2. The van der Waals surface area contributed by atoms with Crippen LogP contribution in [0.5, 0.6) is 11.5 Å². The van der Waals surface area contributed by atoms with Crippen molar-refractivity contribution in [3.63, 3.8) is 0 Å². The van der Waals surface area contributed by atoms with Gasteiger partial charge in [-0.05, 0) is 66.1 Å². The molecule has 2 heterocycles. The summed E-state index contributed by atoms with van der Waals surface area (Å²) < 4.78 is 73.7. The summed E-state index contributed by atoms with van der Waals surface area (Å²) >= 11 is 0. The highest BCUT2D eigenvalue weighted by molar-refractivity contribution is 7.90. The molecule has 22 nitrogen and oxygen atoms in total. The van der Waals surface area contributed by atoms with E-state index in [4.69, 9.17) is 9.47 Å². The number of hydrogen-bond donors (Lipinski definition) is 8. The predicted octanol–water partition coefficient (Wildman–Crippen LogP) is 2.26. The van der Waals surface area contributed by atoms with E-state index in [1.54, 1.807) is 34.1 Å². The molecule has 6 aromatic rings. The molecule has 24 heteroatoms. The minimum absolute atomic E-state index is 0.0182. The molecule has 6 aromatic carbocycles. The lowest BCUT2D eigenvalue weighted by atomic mass is 10.0. The molecule has 2 fully saturated rings. The van der Waals surface area contributed by atoms with E-state index in [9.17, 15) is 26.4 Å². The summed E-state index contributed by atoms with van der Waals surface area (Å²) in [6, 6.07) is 37.6. The number of benzene rings is 6. The minimum atomic E-state index is -3.94. The number of hydrogen-bond acceptors (Lipinski definition) is 18. The molecule has 0 aliphatic carbocycles. The first-order chi connectivity index (χ1) is 43.1. The Labute approximate surface area is 527 Å². The number of rotatable bonds is 26. The van der Waals surface area contributed by atoms with Crippen LogP contribution in [0.15, 0.2) is 131 Å². The fourth-order valence-corrected chi connectivity index (χ4v) is 13.5. The quantitative estimate of drug-likeness (QED) is 0.0389. The van der Waals surface area contributed by atoms with Crippen molar-refractivity contribution >= 4 is 64.8 Å². The fraction of sp³-hybridized carbons (Fsp3) is 0.477. The Bertz CT molecular complexity index is 3150. The van der Waals surface area contributed by atoms with Crippen molar-refractivity contribution in [3.05, 3.63) is 132 Å². The van der Waals surface area contributed by atoms with Crippen molar-refractivity contribution < 1.29 is 35.9 Å². The molecule has 2 aliphatic rings. The van der Waals surface area contributed by atoms with Gasteiger partial charge in [-0.2, -0.15) is 0 Å². The molecule has 2 aliphatic heterocycles. The van der Waals surface area contributed by atoms with Crippen LogP contribution in [0.2, 0.25) is 0 Å². The monoisotopic (exact) mass is 1260 g/mol. The van der Waals surface area contributed by atoms with Gasteiger partial charge in [-0.25, -0.2) is 26.3 Å². The third kappa shape index (κ3) is 21.3. The molecule has 89 heavy (non-hydrogen) atoms. The number of nitrogens with one attached hydrogen (secondary N) is 8. The lowest BCUT2D eigenvalue weighted by Crippen LogP contribution is -2.48. The Hall–Kier alpha value is -6.52. The van der Waals surface area contributed by atoms with Crippen molar-refractivity contribution in [1.29, 1.82) is 0 Å². The molecule has 8 N–H and O–H groups in total. The fourth-order valence-electron chi connectivity index (χ4n) is 11.0. The maximum Gasteiger partial charge on any atom is 0.241 e. The Morgan fingerprint density at radius 1 is 0.427 bits per heavy atom. The van der Waals surface area contributed by atoms with E-state index >= 15 is 0 Å². The van der Waals surface area contributed by atoms with Crippen molar-refractivity contribution in [2.24, 2.45) is 0 Å². The summed E-state index contributed by atoms with van der Waals surface area (Å²) in [6.45, 7) is 14.1. The van der Waals surface area contributed by atoms with Gasteiger partial charge in [-0.1, -0.05) is 72.8 Å². The third-order valence-corrected chi connectivity index (χ3v) is 18.9. The van der Waals surface area contributed by atoms with Crippen molar-refractivity contribution in [1.82, 2.24) is 60.9 Å².